The molecule has 0 radical (unpaired) electrons. The van der Waals surface area contributed by atoms with Gasteiger partial charge in [-0.15, -0.1) is 0 Å². The Morgan fingerprint density at radius 1 is 1.38 bits per heavy atom. The van der Waals surface area contributed by atoms with Crippen molar-refractivity contribution in [2.75, 3.05) is 13.2 Å². The number of aliphatic hydroxyl groups is 1. The standard InChI is InChI=1S/C18H25F2NO3/c1-12(17(23)24-11-18(19,20)10-21)14-7-5-13(6-8-14)9-15-3-2-4-16(15)22/h5-8,12,15-16,22H,2-4,9-11,21H2,1H3/p+1/t12?,15-,16+/m1/s1. The Kier molecular flexibility index (Phi) is 6.29. The average molecular weight is 342 g/mol. The first-order valence-corrected chi connectivity index (χ1v) is 8.43. The summed E-state index contributed by atoms with van der Waals surface area (Å²) in [6, 6.07) is 7.49. The zero-order valence-electron chi connectivity index (χ0n) is 14.0. The molecule has 0 heterocycles. The van der Waals surface area contributed by atoms with Gasteiger partial charge < -0.3 is 15.6 Å². The number of aliphatic hydroxyl groups excluding tert-OH is 1. The number of esters is 1. The molecule has 1 aromatic rings. The Morgan fingerprint density at radius 2 is 2.04 bits per heavy atom. The number of quaternary nitrogens is 1. The van der Waals surface area contributed by atoms with E-state index >= 15 is 0 Å². The molecular weight excluding hydrogens is 316 g/mol. The summed E-state index contributed by atoms with van der Waals surface area (Å²) in [6.07, 6.45) is 3.55. The lowest BCUT2D eigenvalue weighted by Crippen LogP contribution is -2.59. The van der Waals surface area contributed by atoms with Crippen molar-refractivity contribution in [3.8, 4) is 0 Å². The summed E-state index contributed by atoms with van der Waals surface area (Å²) in [6.45, 7) is 0.105. The highest BCUT2D eigenvalue weighted by Crippen LogP contribution is 2.29. The number of benzene rings is 1. The highest BCUT2D eigenvalue weighted by atomic mass is 19.3. The average Bonchev–Trinajstić information content (AvgIpc) is 2.97. The molecule has 3 atom stereocenters. The SMILES string of the molecule is CC(C(=O)OCC(F)(F)C[NH3+])c1ccc(C[C@H]2CCC[C@@H]2O)cc1. The number of alkyl halides is 2. The number of halogens is 2. The summed E-state index contributed by atoms with van der Waals surface area (Å²) < 4.78 is 30.9. The molecule has 0 saturated heterocycles. The number of rotatable bonds is 7. The van der Waals surface area contributed by atoms with Crippen LogP contribution in [-0.2, 0) is 16.0 Å². The van der Waals surface area contributed by atoms with E-state index in [1.807, 2.05) is 24.3 Å². The monoisotopic (exact) mass is 342 g/mol. The van der Waals surface area contributed by atoms with Crippen molar-refractivity contribution in [1.82, 2.24) is 0 Å². The lowest BCUT2D eigenvalue weighted by molar-refractivity contribution is -0.409. The van der Waals surface area contributed by atoms with Gasteiger partial charge in [0.2, 0.25) is 0 Å². The van der Waals surface area contributed by atoms with Gasteiger partial charge in [-0.05, 0) is 43.2 Å². The Balaban J connectivity index is 1.90. The van der Waals surface area contributed by atoms with Gasteiger partial charge >= 0.3 is 11.9 Å². The minimum atomic E-state index is -3.08. The van der Waals surface area contributed by atoms with E-state index in [9.17, 15) is 18.7 Å². The van der Waals surface area contributed by atoms with Gasteiger partial charge in [-0.2, -0.15) is 8.78 Å². The van der Waals surface area contributed by atoms with Crippen molar-refractivity contribution >= 4 is 5.97 Å². The lowest BCUT2D eigenvalue weighted by atomic mass is 9.93. The van der Waals surface area contributed by atoms with Crippen LogP contribution in [0.25, 0.3) is 0 Å². The largest absolute Gasteiger partial charge is 0.459 e. The summed E-state index contributed by atoms with van der Waals surface area (Å²) in [4.78, 5) is 11.9. The van der Waals surface area contributed by atoms with Crippen LogP contribution in [0.15, 0.2) is 24.3 Å². The summed E-state index contributed by atoms with van der Waals surface area (Å²) in [7, 11) is 0. The van der Waals surface area contributed by atoms with E-state index in [1.54, 1.807) is 6.92 Å². The summed E-state index contributed by atoms with van der Waals surface area (Å²) in [5.41, 5.74) is 4.97. The topological polar surface area (TPSA) is 74.2 Å². The maximum Gasteiger partial charge on any atom is 0.328 e. The van der Waals surface area contributed by atoms with Crippen LogP contribution >= 0.6 is 0 Å². The molecule has 0 bridgehead atoms. The summed E-state index contributed by atoms with van der Waals surface area (Å²) in [5, 5.41) is 9.88. The van der Waals surface area contributed by atoms with Crippen molar-refractivity contribution in [2.45, 2.75) is 50.6 Å². The molecule has 1 aliphatic carbocycles. The molecule has 24 heavy (non-hydrogen) atoms. The quantitative estimate of drug-likeness (QED) is 0.744. The first kappa shape index (κ1) is 18.8. The Hall–Kier alpha value is -1.53. The third kappa shape index (κ3) is 4.98. The molecule has 1 fully saturated rings. The van der Waals surface area contributed by atoms with Crippen LogP contribution < -0.4 is 5.73 Å². The zero-order chi connectivity index (χ0) is 17.7. The molecule has 4 N–H and O–H groups in total. The molecule has 1 unspecified atom stereocenters. The second-order valence-corrected chi connectivity index (χ2v) is 6.64. The molecule has 2 rings (SSSR count). The molecule has 1 saturated carbocycles. The Labute approximate surface area is 141 Å². The van der Waals surface area contributed by atoms with Crippen LogP contribution in [0, 0.1) is 5.92 Å². The van der Waals surface area contributed by atoms with Gasteiger partial charge in [0.1, 0.15) is 6.54 Å². The van der Waals surface area contributed by atoms with Gasteiger partial charge in [0.25, 0.3) is 0 Å². The lowest BCUT2D eigenvalue weighted by Gasteiger charge is -2.17. The van der Waals surface area contributed by atoms with E-state index in [4.69, 9.17) is 4.74 Å². The van der Waals surface area contributed by atoms with Crippen molar-refractivity contribution in [3.63, 3.8) is 0 Å². The number of hydrogen-bond acceptors (Lipinski definition) is 3. The Bertz CT molecular complexity index is 548. The van der Waals surface area contributed by atoms with Gasteiger partial charge in [0.05, 0.1) is 12.0 Å². The molecule has 0 aromatic heterocycles. The van der Waals surface area contributed by atoms with E-state index in [0.717, 1.165) is 36.8 Å². The van der Waals surface area contributed by atoms with Crippen molar-refractivity contribution in [2.24, 2.45) is 5.92 Å². The van der Waals surface area contributed by atoms with Crippen LogP contribution in [0.4, 0.5) is 8.78 Å². The van der Waals surface area contributed by atoms with E-state index < -0.39 is 31.0 Å². The van der Waals surface area contributed by atoms with Crippen LogP contribution in [0.1, 0.15) is 43.2 Å². The number of hydrogen-bond donors (Lipinski definition) is 2. The highest BCUT2D eigenvalue weighted by Gasteiger charge is 2.32. The molecule has 4 nitrogen and oxygen atoms in total. The highest BCUT2D eigenvalue weighted by molar-refractivity contribution is 5.77. The summed E-state index contributed by atoms with van der Waals surface area (Å²) >= 11 is 0. The van der Waals surface area contributed by atoms with Gasteiger partial charge in [-0.1, -0.05) is 30.7 Å². The fourth-order valence-corrected chi connectivity index (χ4v) is 3.01. The van der Waals surface area contributed by atoms with E-state index in [2.05, 4.69) is 5.73 Å². The van der Waals surface area contributed by atoms with Crippen molar-refractivity contribution in [3.05, 3.63) is 35.4 Å². The fraction of sp³-hybridized carbons (Fsp3) is 0.611. The van der Waals surface area contributed by atoms with Crippen LogP contribution in [-0.4, -0.2) is 36.3 Å². The van der Waals surface area contributed by atoms with Gasteiger partial charge in [0, 0.05) is 0 Å². The minimum absolute atomic E-state index is 0.228. The van der Waals surface area contributed by atoms with Crippen LogP contribution in [0.3, 0.4) is 0 Å². The minimum Gasteiger partial charge on any atom is -0.459 e. The second kappa shape index (κ2) is 8.03. The first-order chi connectivity index (χ1) is 11.3. The molecule has 0 aliphatic heterocycles. The molecule has 6 heteroatoms. The number of carbonyl (C=O) groups is 1. The van der Waals surface area contributed by atoms with E-state index in [0.29, 0.717) is 5.92 Å². The molecule has 1 aliphatic rings. The molecular formula is C18H26F2NO3+. The van der Waals surface area contributed by atoms with Gasteiger partial charge in [-0.25, -0.2) is 0 Å². The third-order valence-electron chi connectivity index (χ3n) is 4.74. The predicted molar refractivity (Wildman–Crippen MR) is 85.6 cm³/mol. The molecule has 1 aromatic carbocycles. The van der Waals surface area contributed by atoms with Crippen molar-refractivity contribution in [1.29, 1.82) is 0 Å². The van der Waals surface area contributed by atoms with Crippen LogP contribution in [0.5, 0.6) is 0 Å². The Morgan fingerprint density at radius 3 is 2.58 bits per heavy atom. The zero-order valence-corrected chi connectivity index (χ0v) is 14.0. The van der Waals surface area contributed by atoms with Crippen LogP contribution in [0.2, 0.25) is 0 Å². The van der Waals surface area contributed by atoms with Crippen molar-refractivity contribution < 1.29 is 29.2 Å². The molecule has 0 spiro atoms. The van der Waals surface area contributed by atoms with Gasteiger partial charge in [-0.3, -0.25) is 4.79 Å². The summed E-state index contributed by atoms with van der Waals surface area (Å²) in [5.74, 6) is -4.05. The molecule has 134 valence electrons. The number of carbonyl (C=O) groups excluding carboxylic acids is 1. The maximum atomic E-state index is 13.1. The first-order valence-electron chi connectivity index (χ1n) is 8.43. The maximum absolute atomic E-state index is 13.1. The van der Waals surface area contributed by atoms with E-state index in [1.165, 1.54) is 0 Å². The van der Waals surface area contributed by atoms with E-state index in [-0.39, 0.29) is 6.10 Å². The number of ether oxygens (including phenoxy) is 1. The van der Waals surface area contributed by atoms with Gasteiger partial charge in [0.15, 0.2) is 6.61 Å². The normalized spacial score (nSPS) is 22.4. The fourth-order valence-electron chi connectivity index (χ4n) is 3.01. The predicted octanol–water partition coefficient (Wildman–Crippen LogP) is 1.91. The second-order valence-electron chi connectivity index (χ2n) is 6.64. The third-order valence-corrected chi connectivity index (χ3v) is 4.74. The molecule has 0 amide bonds. The smallest absolute Gasteiger partial charge is 0.328 e.